The van der Waals surface area contributed by atoms with Crippen LogP contribution in [0.4, 0.5) is 13.2 Å². The van der Waals surface area contributed by atoms with Gasteiger partial charge in [-0.05, 0) is 35.6 Å². The van der Waals surface area contributed by atoms with Gasteiger partial charge in [-0.1, -0.05) is 67.2 Å². The van der Waals surface area contributed by atoms with Crippen LogP contribution in [0.2, 0.25) is 0 Å². The number of pyridine rings is 1. The molecular weight excluding hydrogens is 611 g/mol. The number of hydrogen-bond acceptors (Lipinski definition) is 7. The molecule has 2 saturated heterocycles. The fourth-order valence-electron chi connectivity index (χ4n) is 5.55. The summed E-state index contributed by atoms with van der Waals surface area (Å²) in [6, 6.07) is 18.7. The molecule has 45 heavy (non-hydrogen) atoms. The van der Waals surface area contributed by atoms with Crippen molar-refractivity contribution in [2.24, 2.45) is 5.92 Å². The summed E-state index contributed by atoms with van der Waals surface area (Å²) >= 11 is 1.39. The maximum absolute atomic E-state index is 12.9. The first kappa shape index (κ1) is 32.7. The van der Waals surface area contributed by atoms with Crippen LogP contribution in [0.1, 0.15) is 54.4 Å². The van der Waals surface area contributed by atoms with Crippen molar-refractivity contribution in [1.29, 1.82) is 0 Å². The Bertz CT molecular complexity index is 1470. The maximum atomic E-state index is 12.9. The number of halogens is 3. The number of rotatable bonds is 9. The molecule has 2 aromatic carbocycles. The van der Waals surface area contributed by atoms with Crippen LogP contribution in [0.5, 0.6) is 0 Å². The van der Waals surface area contributed by atoms with Gasteiger partial charge in [-0.3, -0.25) is 9.59 Å². The lowest BCUT2D eigenvalue weighted by Gasteiger charge is -2.41. The second kappa shape index (κ2) is 14.2. The number of likely N-dealkylation sites (tertiary alicyclic amines) is 1. The summed E-state index contributed by atoms with van der Waals surface area (Å²) in [7, 11) is 0. The van der Waals surface area contributed by atoms with Crippen LogP contribution in [0, 0.1) is 11.1 Å². The first-order chi connectivity index (χ1) is 21.5. The number of amides is 2. The molecule has 0 bridgehead atoms. The van der Waals surface area contributed by atoms with Crippen LogP contribution < -0.4 is 10.0 Å². The summed E-state index contributed by atoms with van der Waals surface area (Å²) in [5.74, 6) is -2.21. The topological polar surface area (TPSA) is 115 Å². The fourth-order valence-corrected chi connectivity index (χ4v) is 6.63. The van der Waals surface area contributed by atoms with E-state index in [2.05, 4.69) is 5.32 Å². The number of aliphatic hydroxyl groups excluding tert-OH is 1. The maximum Gasteiger partial charge on any atom is 0.471 e. The molecule has 2 aliphatic heterocycles. The Morgan fingerprint density at radius 3 is 2.40 bits per heavy atom. The van der Waals surface area contributed by atoms with Crippen molar-refractivity contribution >= 4 is 23.6 Å². The van der Waals surface area contributed by atoms with Gasteiger partial charge in [0.15, 0.2) is 12.5 Å². The number of alkyl halides is 3. The molecule has 0 spiro atoms. The zero-order chi connectivity index (χ0) is 32.1. The largest absolute Gasteiger partial charge is 0.618 e. The van der Waals surface area contributed by atoms with Crippen molar-refractivity contribution in [2.45, 2.75) is 68.7 Å². The van der Waals surface area contributed by atoms with Crippen molar-refractivity contribution < 1.29 is 42.1 Å². The number of benzene rings is 2. The smallest absolute Gasteiger partial charge is 0.471 e. The van der Waals surface area contributed by atoms with Crippen molar-refractivity contribution in [3.8, 4) is 0 Å². The average Bonchev–Trinajstić information content (AvgIpc) is 3.53. The molecule has 3 heterocycles. The lowest BCUT2D eigenvalue weighted by atomic mass is 9.91. The lowest BCUT2D eigenvalue weighted by Crippen LogP contribution is -2.50. The summed E-state index contributed by atoms with van der Waals surface area (Å²) in [4.78, 5) is 25.0. The van der Waals surface area contributed by atoms with Crippen LogP contribution in [0.25, 0.3) is 0 Å². The number of nitrogens with zero attached hydrogens (tertiary/aromatic N) is 2. The highest BCUT2D eigenvalue weighted by atomic mass is 32.2. The Balaban J connectivity index is 1.27. The summed E-state index contributed by atoms with van der Waals surface area (Å²) in [5, 5.41) is 24.9. The van der Waals surface area contributed by atoms with E-state index >= 15 is 0 Å². The van der Waals surface area contributed by atoms with Gasteiger partial charge in [-0.25, -0.2) is 0 Å². The predicted molar refractivity (Wildman–Crippen MR) is 158 cm³/mol. The van der Waals surface area contributed by atoms with Gasteiger partial charge in [0.05, 0.1) is 18.8 Å². The highest BCUT2D eigenvalue weighted by Crippen LogP contribution is 2.43. The second-order valence-electron chi connectivity index (χ2n) is 11.1. The molecule has 13 heteroatoms. The van der Waals surface area contributed by atoms with Crippen LogP contribution in [-0.4, -0.2) is 52.4 Å². The van der Waals surface area contributed by atoms with Crippen LogP contribution in [0.15, 0.2) is 78.0 Å². The monoisotopic (exact) mass is 645 g/mol. The highest BCUT2D eigenvalue weighted by Gasteiger charge is 2.47. The van der Waals surface area contributed by atoms with Gasteiger partial charge in [0, 0.05) is 42.5 Å². The Morgan fingerprint density at radius 2 is 1.73 bits per heavy atom. The van der Waals surface area contributed by atoms with E-state index in [1.807, 2.05) is 31.2 Å². The van der Waals surface area contributed by atoms with Gasteiger partial charge >= 0.3 is 12.1 Å². The third-order valence-corrected chi connectivity index (χ3v) is 9.19. The minimum Gasteiger partial charge on any atom is -0.618 e. The number of aromatic nitrogens is 1. The molecule has 0 saturated carbocycles. The minimum absolute atomic E-state index is 0.0679. The lowest BCUT2D eigenvalue weighted by molar-refractivity contribution is -0.645. The number of hydrogen-bond donors (Lipinski definition) is 2. The summed E-state index contributed by atoms with van der Waals surface area (Å²) in [6.07, 6.45) is -4.46. The number of thioether (sulfide) groups is 1. The molecule has 2 N–H and O–H groups in total. The standard InChI is InChI=1S/C32H34F3N3O6S/c1-20-26(19-45-27-6-2-3-16-38(27)42)43-30(44-28(20)23-11-9-22(18-39)10-12-23)24-13-7-21(8-14-24)17-36-29(40)25-5-4-15-37(25)31(41)32(33,34)35/h2-3,6-14,16,20,25-26,28,30,39H,4-5,15,17-19H2,1H3,(H,36,40)/t20-,25+,26+,28+,30+/m1/s1. The van der Waals surface area contributed by atoms with Crippen LogP contribution in [-0.2, 0) is 32.2 Å². The molecule has 9 nitrogen and oxygen atoms in total. The van der Waals surface area contributed by atoms with Gasteiger partial charge in [-0.15, -0.1) is 0 Å². The van der Waals surface area contributed by atoms with E-state index in [9.17, 15) is 33.1 Å². The molecule has 0 radical (unpaired) electrons. The zero-order valence-corrected chi connectivity index (χ0v) is 25.3. The predicted octanol–water partition coefficient (Wildman–Crippen LogP) is 4.57. The summed E-state index contributed by atoms with van der Waals surface area (Å²) < 4.78 is 52.5. The first-order valence-electron chi connectivity index (χ1n) is 14.6. The molecule has 2 fully saturated rings. The van der Waals surface area contributed by atoms with E-state index in [4.69, 9.17) is 9.47 Å². The quantitative estimate of drug-likeness (QED) is 0.199. The fraction of sp³-hybridized carbons (Fsp3) is 0.406. The molecule has 0 unspecified atom stereocenters. The van der Waals surface area contributed by atoms with E-state index in [0.717, 1.165) is 21.4 Å². The zero-order valence-electron chi connectivity index (χ0n) is 24.5. The third-order valence-electron chi connectivity index (χ3n) is 8.08. The Morgan fingerprint density at radius 1 is 1.04 bits per heavy atom. The van der Waals surface area contributed by atoms with Crippen molar-refractivity contribution in [3.63, 3.8) is 0 Å². The molecule has 2 amide bonds. The molecule has 3 aromatic rings. The van der Waals surface area contributed by atoms with Gasteiger partial charge in [-0.2, -0.15) is 17.9 Å². The van der Waals surface area contributed by atoms with E-state index < -0.39 is 30.3 Å². The number of ether oxygens (including phenoxy) is 2. The Labute approximate surface area is 262 Å². The molecule has 5 rings (SSSR count). The van der Waals surface area contributed by atoms with E-state index in [1.165, 1.54) is 18.0 Å². The Hall–Kier alpha value is -3.65. The molecule has 5 atom stereocenters. The Kier molecular flexibility index (Phi) is 10.3. The van der Waals surface area contributed by atoms with Gasteiger partial charge in [0.2, 0.25) is 5.91 Å². The van der Waals surface area contributed by atoms with E-state index in [1.54, 1.807) is 42.5 Å². The third kappa shape index (κ3) is 7.78. The highest BCUT2D eigenvalue weighted by molar-refractivity contribution is 7.99. The van der Waals surface area contributed by atoms with Gasteiger partial charge in [0.25, 0.3) is 5.03 Å². The number of carbonyl (C=O) groups excluding carboxylic acids is 2. The number of carbonyl (C=O) groups is 2. The summed E-state index contributed by atoms with van der Waals surface area (Å²) in [6.45, 7) is 1.91. The number of nitrogens with one attached hydrogen (secondary N) is 1. The molecule has 2 aliphatic rings. The van der Waals surface area contributed by atoms with Gasteiger partial charge < -0.3 is 30.0 Å². The average molecular weight is 646 g/mol. The van der Waals surface area contributed by atoms with Crippen molar-refractivity contribution in [3.05, 3.63) is 100 Å². The van der Waals surface area contributed by atoms with E-state index in [0.29, 0.717) is 27.7 Å². The van der Waals surface area contributed by atoms with Crippen LogP contribution >= 0.6 is 11.8 Å². The minimum atomic E-state index is -5.03. The van der Waals surface area contributed by atoms with Crippen LogP contribution in [0.3, 0.4) is 0 Å². The first-order valence-corrected chi connectivity index (χ1v) is 15.6. The normalized spacial score (nSPS) is 23.6. The van der Waals surface area contributed by atoms with Gasteiger partial charge in [0.1, 0.15) is 6.04 Å². The van der Waals surface area contributed by atoms with E-state index in [-0.39, 0.29) is 44.2 Å². The molecular formula is C32H34F3N3O6S. The molecule has 0 aliphatic carbocycles. The van der Waals surface area contributed by atoms with Crippen molar-refractivity contribution in [2.75, 3.05) is 12.3 Å². The second-order valence-corrected chi connectivity index (χ2v) is 12.2. The SMILES string of the molecule is C[C@@H]1[C@H](CSc2cccc[n+]2[O-])O[C@H](c2ccc(CNC(=O)[C@@H]3CCCN3C(=O)C(F)(F)F)cc2)O[C@@H]1c1ccc(CO)cc1. The summed E-state index contributed by atoms with van der Waals surface area (Å²) in [5.41, 5.74) is 3.13. The number of aliphatic hydroxyl groups is 1. The van der Waals surface area contributed by atoms with Crippen molar-refractivity contribution in [1.82, 2.24) is 10.2 Å². The molecule has 240 valence electrons. The molecule has 1 aromatic heterocycles.